The van der Waals surface area contributed by atoms with Crippen LogP contribution in [0.3, 0.4) is 0 Å². The molecule has 19 heavy (non-hydrogen) atoms. The predicted octanol–water partition coefficient (Wildman–Crippen LogP) is 4.06. The topological polar surface area (TPSA) is 30.5 Å². The lowest BCUT2D eigenvalue weighted by atomic mass is 9.96. The standard InChI is InChI=1S/C15H22BrNO2/c1-10(2)19-15-12(13-6-4-5-7-17-13)8-11(16)9-14(15)18-3/h8-10,13,17H,4-7H2,1-3H3. The molecule has 0 radical (unpaired) electrons. The Balaban J connectivity index is 2.40. The van der Waals surface area contributed by atoms with Crippen LogP contribution in [0.25, 0.3) is 0 Å². The summed E-state index contributed by atoms with van der Waals surface area (Å²) in [6.07, 6.45) is 3.79. The highest BCUT2D eigenvalue weighted by Crippen LogP contribution is 2.40. The number of hydrogen-bond acceptors (Lipinski definition) is 3. The first-order chi connectivity index (χ1) is 9.11. The summed E-state index contributed by atoms with van der Waals surface area (Å²) in [5, 5.41) is 3.57. The molecule has 0 saturated carbocycles. The monoisotopic (exact) mass is 327 g/mol. The summed E-state index contributed by atoms with van der Waals surface area (Å²) >= 11 is 3.56. The first-order valence-corrected chi connectivity index (χ1v) is 7.68. The summed E-state index contributed by atoms with van der Waals surface area (Å²) in [5.41, 5.74) is 1.19. The molecule has 1 aromatic rings. The van der Waals surface area contributed by atoms with Crippen molar-refractivity contribution >= 4 is 15.9 Å². The highest BCUT2D eigenvalue weighted by molar-refractivity contribution is 9.10. The largest absolute Gasteiger partial charge is 0.493 e. The molecule has 1 unspecified atom stereocenters. The molecule has 1 fully saturated rings. The van der Waals surface area contributed by atoms with E-state index in [0.717, 1.165) is 28.9 Å². The number of ether oxygens (including phenoxy) is 2. The quantitative estimate of drug-likeness (QED) is 0.904. The van der Waals surface area contributed by atoms with Gasteiger partial charge in [-0.15, -0.1) is 0 Å². The van der Waals surface area contributed by atoms with Gasteiger partial charge >= 0.3 is 0 Å². The van der Waals surface area contributed by atoms with Gasteiger partial charge < -0.3 is 14.8 Å². The smallest absolute Gasteiger partial charge is 0.166 e. The lowest BCUT2D eigenvalue weighted by Crippen LogP contribution is -2.27. The Labute approximate surface area is 123 Å². The first kappa shape index (κ1) is 14.7. The van der Waals surface area contributed by atoms with Crippen LogP contribution < -0.4 is 14.8 Å². The number of nitrogens with one attached hydrogen (secondary N) is 1. The van der Waals surface area contributed by atoms with Gasteiger partial charge in [0.05, 0.1) is 13.2 Å². The van der Waals surface area contributed by atoms with Crippen molar-refractivity contribution in [2.24, 2.45) is 0 Å². The van der Waals surface area contributed by atoms with Gasteiger partial charge in [0.1, 0.15) is 0 Å². The summed E-state index contributed by atoms with van der Waals surface area (Å²) in [5.74, 6) is 1.67. The van der Waals surface area contributed by atoms with E-state index in [1.54, 1.807) is 7.11 Å². The van der Waals surface area contributed by atoms with Crippen molar-refractivity contribution in [1.29, 1.82) is 0 Å². The SMILES string of the molecule is COc1cc(Br)cc(C2CCCCN2)c1OC(C)C. The highest BCUT2D eigenvalue weighted by atomic mass is 79.9. The van der Waals surface area contributed by atoms with Gasteiger partial charge in [-0.05, 0) is 45.4 Å². The van der Waals surface area contributed by atoms with E-state index in [2.05, 4.69) is 27.3 Å². The van der Waals surface area contributed by atoms with Crippen molar-refractivity contribution in [1.82, 2.24) is 5.32 Å². The molecule has 1 aliphatic rings. The molecule has 1 N–H and O–H groups in total. The second-order valence-electron chi connectivity index (χ2n) is 5.20. The lowest BCUT2D eigenvalue weighted by molar-refractivity contribution is 0.223. The highest BCUT2D eigenvalue weighted by Gasteiger charge is 2.22. The lowest BCUT2D eigenvalue weighted by Gasteiger charge is -2.27. The minimum Gasteiger partial charge on any atom is -0.493 e. The van der Waals surface area contributed by atoms with Gasteiger partial charge in [0.2, 0.25) is 0 Å². The van der Waals surface area contributed by atoms with Crippen LogP contribution >= 0.6 is 15.9 Å². The normalized spacial score (nSPS) is 19.5. The average Bonchev–Trinajstić information content (AvgIpc) is 2.40. The van der Waals surface area contributed by atoms with Crippen LogP contribution in [-0.2, 0) is 0 Å². The molecule has 3 nitrogen and oxygen atoms in total. The molecular weight excluding hydrogens is 306 g/mol. The van der Waals surface area contributed by atoms with Crippen molar-refractivity contribution in [2.45, 2.75) is 45.3 Å². The van der Waals surface area contributed by atoms with Crippen molar-refractivity contribution in [3.8, 4) is 11.5 Å². The summed E-state index contributed by atoms with van der Waals surface area (Å²) in [4.78, 5) is 0. The average molecular weight is 328 g/mol. The van der Waals surface area contributed by atoms with Gasteiger partial charge in [-0.3, -0.25) is 0 Å². The number of hydrogen-bond donors (Lipinski definition) is 1. The molecule has 4 heteroatoms. The predicted molar refractivity (Wildman–Crippen MR) is 81.1 cm³/mol. The Morgan fingerprint density at radius 3 is 2.68 bits per heavy atom. The minimum atomic E-state index is 0.136. The zero-order chi connectivity index (χ0) is 13.8. The van der Waals surface area contributed by atoms with E-state index in [9.17, 15) is 0 Å². The fraction of sp³-hybridized carbons (Fsp3) is 0.600. The Bertz CT molecular complexity index is 428. The maximum absolute atomic E-state index is 5.99. The molecule has 0 spiro atoms. The van der Waals surface area contributed by atoms with Gasteiger partial charge in [0.15, 0.2) is 11.5 Å². The van der Waals surface area contributed by atoms with E-state index in [1.165, 1.54) is 18.4 Å². The number of halogens is 1. The molecule has 1 aliphatic heterocycles. The fourth-order valence-corrected chi connectivity index (χ4v) is 2.93. The summed E-state index contributed by atoms with van der Waals surface area (Å²) in [6.45, 7) is 5.15. The zero-order valence-corrected chi connectivity index (χ0v) is 13.4. The number of piperidine rings is 1. The number of methoxy groups -OCH3 is 1. The second kappa shape index (κ2) is 6.62. The molecule has 0 amide bonds. The van der Waals surface area contributed by atoms with Gasteiger partial charge in [-0.2, -0.15) is 0 Å². The third-order valence-corrected chi connectivity index (χ3v) is 3.77. The van der Waals surface area contributed by atoms with Crippen LogP contribution in [0, 0.1) is 0 Å². The molecule has 2 rings (SSSR count). The first-order valence-electron chi connectivity index (χ1n) is 6.89. The van der Waals surface area contributed by atoms with Crippen molar-refractivity contribution in [3.05, 3.63) is 22.2 Å². The Morgan fingerprint density at radius 2 is 2.11 bits per heavy atom. The van der Waals surface area contributed by atoms with Crippen molar-refractivity contribution in [2.75, 3.05) is 13.7 Å². The van der Waals surface area contributed by atoms with Crippen LogP contribution in [0.15, 0.2) is 16.6 Å². The summed E-state index contributed by atoms with van der Waals surface area (Å²) in [6, 6.07) is 4.46. The van der Waals surface area contributed by atoms with Crippen molar-refractivity contribution in [3.63, 3.8) is 0 Å². The van der Waals surface area contributed by atoms with E-state index in [4.69, 9.17) is 9.47 Å². The van der Waals surface area contributed by atoms with Gasteiger partial charge in [0.25, 0.3) is 0 Å². The van der Waals surface area contributed by atoms with Crippen LogP contribution in [0.1, 0.15) is 44.7 Å². The summed E-state index contributed by atoms with van der Waals surface area (Å²) < 4.78 is 12.5. The van der Waals surface area contributed by atoms with Crippen molar-refractivity contribution < 1.29 is 9.47 Å². The Hall–Kier alpha value is -0.740. The Morgan fingerprint density at radius 1 is 1.32 bits per heavy atom. The van der Waals surface area contributed by atoms with Crippen LogP contribution in [0.2, 0.25) is 0 Å². The van der Waals surface area contributed by atoms with E-state index in [1.807, 2.05) is 19.9 Å². The van der Waals surface area contributed by atoms with E-state index in [-0.39, 0.29) is 6.10 Å². The van der Waals surface area contributed by atoms with Crippen LogP contribution in [-0.4, -0.2) is 19.8 Å². The maximum Gasteiger partial charge on any atom is 0.166 e. The molecule has 106 valence electrons. The number of rotatable bonds is 4. The molecule has 1 saturated heterocycles. The maximum atomic E-state index is 5.99. The molecule has 0 bridgehead atoms. The summed E-state index contributed by atoms with van der Waals surface area (Å²) in [7, 11) is 1.69. The van der Waals surface area contributed by atoms with Crippen LogP contribution in [0.4, 0.5) is 0 Å². The third-order valence-electron chi connectivity index (χ3n) is 3.31. The van der Waals surface area contributed by atoms with Crippen LogP contribution in [0.5, 0.6) is 11.5 Å². The van der Waals surface area contributed by atoms with E-state index >= 15 is 0 Å². The van der Waals surface area contributed by atoms with E-state index < -0.39 is 0 Å². The second-order valence-corrected chi connectivity index (χ2v) is 6.11. The number of benzene rings is 1. The fourth-order valence-electron chi connectivity index (χ4n) is 2.48. The molecule has 0 aromatic heterocycles. The zero-order valence-electron chi connectivity index (χ0n) is 11.8. The molecular formula is C15H22BrNO2. The van der Waals surface area contributed by atoms with Gasteiger partial charge in [-0.25, -0.2) is 0 Å². The third kappa shape index (κ3) is 3.63. The van der Waals surface area contributed by atoms with E-state index in [0.29, 0.717) is 6.04 Å². The minimum absolute atomic E-state index is 0.136. The molecule has 0 aliphatic carbocycles. The molecule has 1 aromatic carbocycles. The molecule has 1 heterocycles. The molecule has 1 atom stereocenters. The van der Waals surface area contributed by atoms with Gasteiger partial charge in [-0.1, -0.05) is 22.4 Å². The Kier molecular flexibility index (Phi) is 5.11. The van der Waals surface area contributed by atoms with Gasteiger partial charge in [0, 0.05) is 16.1 Å².